The maximum atomic E-state index is 6.29. The molecule has 3 rings (SSSR count). The van der Waals surface area contributed by atoms with Crippen LogP contribution in [0.15, 0.2) is 30.6 Å². The maximum absolute atomic E-state index is 6.29. The molecule has 0 saturated carbocycles. The first kappa shape index (κ1) is 13.5. The van der Waals surface area contributed by atoms with Gasteiger partial charge in [0.2, 0.25) is 0 Å². The minimum absolute atomic E-state index is 0.364. The monoisotopic (exact) mass is 308 g/mol. The molecule has 0 saturated heterocycles. The SMILES string of the molecule is Cc1cnn(CCn2c(CCl)nc3cccc(Cl)c32)c1. The molecule has 0 radical (unpaired) electrons. The van der Waals surface area contributed by atoms with Crippen molar-refractivity contribution in [2.45, 2.75) is 25.9 Å². The van der Waals surface area contributed by atoms with Crippen molar-refractivity contribution in [1.29, 1.82) is 0 Å². The highest BCUT2D eigenvalue weighted by molar-refractivity contribution is 6.35. The van der Waals surface area contributed by atoms with Crippen LogP contribution in [0.4, 0.5) is 0 Å². The highest BCUT2D eigenvalue weighted by atomic mass is 35.5. The van der Waals surface area contributed by atoms with Gasteiger partial charge in [0.25, 0.3) is 0 Å². The Kier molecular flexibility index (Phi) is 3.68. The van der Waals surface area contributed by atoms with Gasteiger partial charge in [-0.25, -0.2) is 4.98 Å². The van der Waals surface area contributed by atoms with Crippen LogP contribution in [0.3, 0.4) is 0 Å². The summed E-state index contributed by atoms with van der Waals surface area (Å²) in [6.45, 7) is 3.52. The van der Waals surface area contributed by atoms with E-state index in [4.69, 9.17) is 23.2 Å². The Hall–Kier alpha value is -1.52. The van der Waals surface area contributed by atoms with Crippen LogP contribution in [0.5, 0.6) is 0 Å². The zero-order valence-electron chi connectivity index (χ0n) is 11.1. The second-order valence-electron chi connectivity index (χ2n) is 4.70. The zero-order chi connectivity index (χ0) is 14.1. The Morgan fingerprint density at radius 1 is 1.25 bits per heavy atom. The molecule has 1 aromatic carbocycles. The molecule has 2 heterocycles. The van der Waals surface area contributed by atoms with E-state index in [1.165, 1.54) is 0 Å². The van der Waals surface area contributed by atoms with Crippen LogP contribution in [0.1, 0.15) is 11.4 Å². The van der Waals surface area contributed by atoms with E-state index < -0.39 is 0 Å². The summed E-state index contributed by atoms with van der Waals surface area (Å²) in [6.07, 6.45) is 3.86. The standard InChI is InChI=1S/C14H14Cl2N4/c1-10-8-17-19(9-10)5-6-20-13(7-15)18-12-4-2-3-11(16)14(12)20/h2-4,8-9H,5-7H2,1H3. The van der Waals surface area contributed by atoms with E-state index in [-0.39, 0.29) is 0 Å². The normalized spacial score (nSPS) is 11.3. The van der Waals surface area contributed by atoms with E-state index in [0.717, 1.165) is 35.5 Å². The summed E-state index contributed by atoms with van der Waals surface area (Å²) in [5, 5.41) is 4.99. The Labute approximate surface area is 126 Å². The maximum Gasteiger partial charge on any atom is 0.124 e. The van der Waals surface area contributed by atoms with Gasteiger partial charge < -0.3 is 4.57 Å². The topological polar surface area (TPSA) is 35.6 Å². The molecule has 0 fully saturated rings. The number of imidazole rings is 1. The van der Waals surface area contributed by atoms with Crippen molar-refractivity contribution in [3.63, 3.8) is 0 Å². The second-order valence-corrected chi connectivity index (χ2v) is 5.38. The van der Waals surface area contributed by atoms with Gasteiger partial charge in [-0.1, -0.05) is 17.7 Å². The molecular weight excluding hydrogens is 295 g/mol. The fraction of sp³-hybridized carbons (Fsp3) is 0.286. The van der Waals surface area contributed by atoms with Crippen molar-refractivity contribution in [3.05, 3.63) is 47.0 Å². The van der Waals surface area contributed by atoms with Crippen molar-refractivity contribution in [2.75, 3.05) is 0 Å². The Balaban J connectivity index is 1.97. The summed E-state index contributed by atoms with van der Waals surface area (Å²) < 4.78 is 3.98. The Morgan fingerprint density at radius 3 is 2.80 bits per heavy atom. The molecule has 4 nitrogen and oxygen atoms in total. The highest BCUT2D eigenvalue weighted by Crippen LogP contribution is 2.25. The molecule has 0 aliphatic carbocycles. The number of hydrogen-bond donors (Lipinski definition) is 0. The molecule has 0 unspecified atom stereocenters. The van der Waals surface area contributed by atoms with E-state index >= 15 is 0 Å². The number of hydrogen-bond acceptors (Lipinski definition) is 2. The van der Waals surface area contributed by atoms with Crippen molar-refractivity contribution in [2.24, 2.45) is 0 Å². The van der Waals surface area contributed by atoms with Crippen molar-refractivity contribution < 1.29 is 0 Å². The predicted molar refractivity (Wildman–Crippen MR) is 81.3 cm³/mol. The van der Waals surface area contributed by atoms with E-state index in [2.05, 4.69) is 14.6 Å². The number of para-hydroxylation sites is 1. The summed E-state index contributed by atoms with van der Waals surface area (Å²) in [7, 11) is 0. The fourth-order valence-corrected chi connectivity index (χ4v) is 2.80. The van der Waals surface area contributed by atoms with E-state index in [1.807, 2.05) is 42.2 Å². The molecule has 0 N–H and O–H groups in total. The predicted octanol–water partition coefficient (Wildman–Crippen LogP) is 3.63. The van der Waals surface area contributed by atoms with Gasteiger partial charge in [-0.05, 0) is 24.6 Å². The summed E-state index contributed by atoms with van der Waals surface area (Å²) in [5.41, 5.74) is 2.97. The highest BCUT2D eigenvalue weighted by Gasteiger charge is 2.12. The molecule has 2 aromatic heterocycles. The van der Waals surface area contributed by atoms with Gasteiger partial charge in [0.05, 0.1) is 34.7 Å². The minimum atomic E-state index is 0.364. The van der Waals surface area contributed by atoms with Crippen LogP contribution >= 0.6 is 23.2 Å². The number of rotatable bonds is 4. The number of aromatic nitrogens is 4. The first-order valence-corrected chi connectivity index (χ1v) is 7.29. The molecule has 3 aromatic rings. The number of benzene rings is 1. The van der Waals surface area contributed by atoms with Gasteiger partial charge in [-0.15, -0.1) is 11.6 Å². The van der Waals surface area contributed by atoms with Crippen LogP contribution in [0.2, 0.25) is 5.02 Å². The molecule has 20 heavy (non-hydrogen) atoms. The zero-order valence-corrected chi connectivity index (χ0v) is 12.6. The third kappa shape index (κ3) is 2.41. The number of halogens is 2. The van der Waals surface area contributed by atoms with Crippen LogP contribution < -0.4 is 0 Å². The summed E-state index contributed by atoms with van der Waals surface area (Å²) in [4.78, 5) is 4.53. The molecule has 0 atom stereocenters. The van der Waals surface area contributed by atoms with Gasteiger partial charge in [0, 0.05) is 12.7 Å². The number of aryl methyl sites for hydroxylation is 3. The lowest BCUT2D eigenvalue weighted by Crippen LogP contribution is -2.10. The quantitative estimate of drug-likeness (QED) is 0.690. The van der Waals surface area contributed by atoms with Gasteiger partial charge in [0.15, 0.2) is 0 Å². The smallest absolute Gasteiger partial charge is 0.124 e. The van der Waals surface area contributed by atoms with Crippen LogP contribution in [-0.4, -0.2) is 19.3 Å². The molecular formula is C14H14Cl2N4. The Bertz CT molecular complexity index is 745. The van der Waals surface area contributed by atoms with Gasteiger partial charge in [-0.3, -0.25) is 4.68 Å². The molecule has 0 spiro atoms. The van der Waals surface area contributed by atoms with E-state index in [9.17, 15) is 0 Å². The minimum Gasteiger partial charge on any atom is -0.324 e. The Morgan fingerprint density at radius 2 is 2.10 bits per heavy atom. The lowest BCUT2D eigenvalue weighted by Gasteiger charge is -2.08. The molecule has 0 aliphatic heterocycles. The molecule has 6 heteroatoms. The second kappa shape index (κ2) is 5.46. The number of alkyl halides is 1. The van der Waals surface area contributed by atoms with Crippen LogP contribution in [0, 0.1) is 6.92 Å². The first-order chi connectivity index (χ1) is 9.69. The largest absolute Gasteiger partial charge is 0.324 e. The lowest BCUT2D eigenvalue weighted by atomic mass is 10.3. The van der Waals surface area contributed by atoms with Crippen molar-refractivity contribution in [3.8, 4) is 0 Å². The van der Waals surface area contributed by atoms with Crippen LogP contribution in [-0.2, 0) is 19.0 Å². The summed E-state index contributed by atoms with van der Waals surface area (Å²) >= 11 is 12.3. The van der Waals surface area contributed by atoms with E-state index in [0.29, 0.717) is 10.9 Å². The van der Waals surface area contributed by atoms with Gasteiger partial charge >= 0.3 is 0 Å². The van der Waals surface area contributed by atoms with Crippen molar-refractivity contribution >= 4 is 34.2 Å². The average Bonchev–Trinajstić information content (AvgIpc) is 3.00. The first-order valence-electron chi connectivity index (χ1n) is 6.37. The lowest BCUT2D eigenvalue weighted by molar-refractivity contribution is 0.533. The number of nitrogens with zero attached hydrogens (tertiary/aromatic N) is 4. The molecule has 0 amide bonds. The third-order valence-electron chi connectivity index (χ3n) is 3.23. The van der Waals surface area contributed by atoms with Gasteiger partial charge in [-0.2, -0.15) is 5.10 Å². The molecule has 0 aliphatic rings. The summed E-state index contributed by atoms with van der Waals surface area (Å²) in [5.74, 6) is 1.20. The fourth-order valence-electron chi connectivity index (χ4n) is 2.32. The van der Waals surface area contributed by atoms with Crippen molar-refractivity contribution in [1.82, 2.24) is 19.3 Å². The summed E-state index contributed by atoms with van der Waals surface area (Å²) in [6, 6.07) is 5.72. The van der Waals surface area contributed by atoms with E-state index in [1.54, 1.807) is 0 Å². The third-order valence-corrected chi connectivity index (χ3v) is 3.78. The molecule has 104 valence electrons. The number of fused-ring (bicyclic) bond motifs is 1. The van der Waals surface area contributed by atoms with Gasteiger partial charge in [0.1, 0.15) is 5.82 Å². The average molecular weight is 309 g/mol. The molecule has 0 bridgehead atoms. The van der Waals surface area contributed by atoms with Crippen LogP contribution in [0.25, 0.3) is 11.0 Å².